The number of hydrogen-bond acceptors (Lipinski definition) is 4. The Hall–Kier alpha value is -2.37. The lowest BCUT2D eigenvalue weighted by Crippen LogP contribution is -2.40. The molecule has 0 saturated carbocycles. The molecular formula is C19H25NO5. The van der Waals surface area contributed by atoms with E-state index in [1.54, 1.807) is 30.2 Å². The van der Waals surface area contributed by atoms with Gasteiger partial charge < -0.3 is 14.7 Å². The summed E-state index contributed by atoms with van der Waals surface area (Å²) in [6.45, 7) is 2.78. The number of ketones is 1. The highest BCUT2D eigenvalue weighted by molar-refractivity contribution is 5.94. The number of benzene rings is 1. The van der Waals surface area contributed by atoms with Crippen LogP contribution in [0, 0.1) is 5.92 Å². The van der Waals surface area contributed by atoms with Crippen LogP contribution in [0.2, 0.25) is 0 Å². The predicted octanol–water partition coefficient (Wildman–Crippen LogP) is 2.54. The van der Waals surface area contributed by atoms with E-state index in [2.05, 4.69) is 0 Å². The zero-order chi connectivity index (χ0) is 18.4. The van der Waals surface area contributed by atoms with Crippen LogP contribution in [0.25, 0.3) is 0 Å². The van der Waals surface area contributed by atoms with Gasteiger partial charge in [0, 0.05) is 30.6 Å². The van der Waals surface area contributed by atoms with E-state index in [0.717, 1.165) is 12.8 Å². The minimum Gasteiger partial charge on any atom is -0.496 e. The number of amides is 1. The number of hydrogen-bond donors (Lipinski definition) is 1. The molecule has 25 heavy (non-hydrogen) atoms. The number of Topliss-reactive ketones (excluding diaryl/α,β-unsaturated/α-hetero) is 1. The number of likely N-dealkylation sites (tertiary alicyclic amines) is 1. The van der Waals surface area contributed by atoms with Crippen LogP contribution in [-0.4, -0.2) is 47.9 Å². The maximum Gasteiger partial charge on any atom is 0.303 e. The second-order valence-corrected chi connectivity index (χ2v) is 6.54. The van der Waals surface area contributed by atoms with Crippen LogP contribution >= 0.6 is 0 Å². The molecule has 1 amide bonds. The topological polar surface area (TPSA) is 83.9 Å². The molecule has 0 bridgehead atoms. The first-order valence-electron chi connectivity index (χ1n) is 8.58. The number of methoxy groups -OCH3 is 1. The van der Waals surface area contributed by atoms with E-state index in [4.69, 9.17) is 9.84 Å². The van der Waals surface area contributed by atoms with Crippen molar-refractivity contribution < 1.29 is 24.2 Å². The van der Waals surface area contributed by atoms with Gasteiger partial charge in [0.1, 0.15) is 5.75 Å². The Morgan fingerprint density at radius 1 is 1.32 bits per heavy atom. The first kappa shape index (κ1) is 19.0. The fraction of sp³-hybridized carbons (Fsp3) is 0.526. The minimum atomic E-state index is -0.797. The third kappa shape index (κ3) is 5.31. The van der Waals surface area contributed by atoms with Gasteiger partial charge in [0.25, 0.3) is 0 Å². The summed E-state index contributed by atoms with van der Waals surface area (Å²) in [4.78, 5) is 36.8. The largest absolute Gasteiger partial charge is 0.496 e. The summed E-state index contributed by atoms with van der Waals surface area (Å²) in [7, 11) is 1.54. The molecule has 1 unspecified atom stereocenters. The molecule has 136 valence electrons. The van der Waals surface area contributed by atoms with Crippen molar-refractivity contribution in [2.45, 2.75) is 39.0 Å². The number of nitrogens with zero attached hydrogens (tertiary/aromatic N) is 1. The van der Waals surface area contributed by atoms with E-state index in [0.29, 0.717) is 36.4 Å². The summed E-state index contributed by atoms with van der Waals surface area (Å²) in [5.74, 6) is -0.0339. The molecule has 2 rings (SSSR count). The van der Waals surface area contributed by atoms with Crippen LogP contribution < -0.4 is 4.74 Å². The quantitative estimate of drug-likeness (QED) is 0.766. The molecule has 1 saturated heterocycles. The van der Waals surface area contributed by atoms with E-state index in [-0.39, 0.29) is 30.4 Å². The monoisotopic (exact) mass is 347 g/mol. The van der Waals surface area contributed by atoms with Gasteiger partial charge in [-0.3, -0.25) is 14.4 Å². The van der Waals surface area contributed by atoms with Crippen molar-refractivity contribution in [3.05, 3.63) is 29.3 Å². The van der Waals surface area contributed by atoms with E-state index in [9.17, 15) is 14.4 Å². The van der Waals surface area contributed by atoms with E-state index in [1.807, 2.05) is 0 Å². The van der Waals surface area contributed by atoms with Crippen molar-refractivity contribution in [3.8, 4) is 5.75 Å². The highest BCUT2D eigenvalue weighted by atomic mass is 16.5. The summed E-state index contributed by atoms with van der Waals surface area (Å²) in [6, 6.07) is 5.12. The Morgan fingerprint density at radius 2 is 2.08 bits per heavy atom. The van der Waals surface area contributed by atoms with Crippen molar-refractivity contribution in [3.63, 3.8) is 0 Å². The molecular weight excluding hydrogens is 322 g/mol. The Balaban J connectivity index is 2.04. The van der Waals surface area contributed by atoms with Gasteiger partial charge in [-0.1, -0.05) is 0 Å². The van der Waals surface area contributed by atoms with Gasteiger partial charge in [-0.25, -0.2) is 0 Å². The van der Waals surface area contributed by atoms with Gasteiger partial charge in [0.05, 0.1) is 13.5 Å². The molecule has 1 aromatic rings. The number of aliphatic carboxylic acids is 1. The molecule has 1 aromatic carbocycles. The molecule has 1 atom stereocenters. The molecule has 0 radical (unpaired) electrons. The molecule has 1 heterocycles. The molecule has 0 spiro atoms. The van der Waals surface area contributed by atoms with Crippen molar-refractivity contribution in [2.24, 2.45) is 5.92 Å². The third-order valence-electron chi connectivity index (χ3n) is 4.67. The van der Waals surface area contributed by atoms with Crippen LogP contribution in [0.3, 0.4) is 0 Å². The number of carboxylic acid groups (broad SMARTS) is 1. The van der Waals surface area contributed by atoms with Crippen LogP contribution in [-0.2, 0) is 16.0 Å². The zero-order valence-corrected chi connectivity index (χ0v) is 14.8. The van der Waals surface area contributed by atoms with Gasteiger partial charge in [-0.2, -0.15) is 0 Å². The van der Waals surface area contributed by atoms with Crippen molar-refractivity contribution in [2.75, 3.05) is 20.2 Å². The van der Waals surface area contributed by atoms with E-state index >= 15 is 0 Å². The fourth-order valence-corrected chi connectivity index (χ4v) is 3.27. The van der Waals surface area contributed by atoms with Crippen molar-refractivity contribution >= 4 is 17.7 Å². The Morgan fingerprint density at radius 3 is 2.72 bits per heavy atom. The van der Waals surface area contributed by atoms with Crippen molar-refractivity contribution in [1.29, 1.82) is 0 Å². The highest BCUT2D eigenvalue weighted by Gasteiger charge is 2.25. The zero-order valence-electron chi connectivity index (χ0n) is 14.8. The fourth-order valence-electron chi connectivity index (χ4n) is 3.27. The lowest BCUT2D eigenvalue weighted by atomic mass is 9.93. The molecule has 1 aliphatic heterocycles. The Bertz CT molecular complexity index is 655. The number of ether oxygens (including phenoxy) is 1. The average Bonchev–Trinajstić information content (AvgIpc) is 2.60. The smallest absolute Gasteiger partial charge is 0.303 e. The minimum absolute atomic E-state index is 0.0148. The summed E-state index contributed by atoms with van der Waals surface area (Å²) < 4.78 is 5.31. The van der Waals surface area contributed by atoms with E-state index in [1.165, 1.54) is 6.92 Å². The number of carbonyl (C=O) groups is 3. The van der Waals surface area contributed by atoms with Gasteiger partial charge in [0.2, 0.25) is 5.91 Å². The first-order chi connectivity index (χ1) is 11.9. The first-order valence-corrected chi connectivity index (χ1v) is 8.58. The Labute approximate surface area is 147 Å². The summed E-state index contributed by atoms with van der Waals surface area (Å²) in [6.07, 6.45) is 2.76. The number of carbonyl (C=O) groups excluding carboxylic acids is 2. The molecule has 1 N–H and O–H groups in total. The van der Waals surface area contributed by atoms with Crippen molar-refractivity contribution in [1.82, 2.24) is 4.90 Å². The second-order valence-electron chi connectivity index (χ2n) is 6.54. The van der Waals surface area contributed by atoms with Gasteiger partial charge in [-0.15, -0.1) is 0 Å². The third-order valence-corrected chi connectivity index (χ3v) is 4.67. The molecule has 0 aliphatic carbocycles. The lowest BCUT2D eigenvalue weighted by molar-refractivity contribution is -0.137. The van der Waals surface area contributed by atoms with Crippen LogP contribution in [0.15, 0.2) is 18.2 Å². The molecule has 1 aliphatic rings. The number of piperidine rings is 1. The summed E-state index contributed by atoms with van der Waals surface area (Å²) >= 11 is 0. The standard InChI is InChI=1S/C19H25NO5/c1-13(21)15-6-7-17(25-2)16(10-15)11-18(22)20-9-3-4-14(12-20)5-8-19(23)24/h6-7,10,14H,3-5,8-9,11-12H2,1-2H3,(H,23,24). The maximum absolute atomic E-state index is 12.7. The molecule has 0 aromatic heterocycles. The molecule has 6 heteroatoms. The van der Waals surface area contributed by atoms with Gasteiger partial charge in [-0.05, 0) is 50.3 Å². The number of rotatable bonds is 7. The van der Waals surface area contributed by atoms with Gasteiger partial charge >= 0.3 is 5.97 Å². The highest BCUT2D eigenvalue weighted by Crippen LogP contribution is 2.24. The SMILES string of the molecule is COc1ccc(C(C)=O)cc1CC(=O)N1CCCC(CCC(=O)O)C1. The molecule has 6 nitrogen and oxygen atoms in total. The summed E-state index contributed by atoms with van der Waals surface area (Å²) in [5.41, 5.74) is 1.26. The predicted molar refractivity (Wildman–Crippen MR) is 92.9 cm³/mol. The van der Waals surface area contributed by atoms with Crippen LogP contribution in [0.4, 0.5) is 0 Å². The Kier molecular flexibility index (Phi) is 6.56. The lowest BCUT2D eigenvalue weighted by Gasteiger charge is -2.33. The maximum atomic E-state index is 12.7. The van der Waals surface area contributed by atoms with Crippen LogP contribution in [0.5, 0.6) is 5.75 Å². The summed E-state index contributed by atoms with van der Waals surface area (Å²) in [5, 5.41) is 8.82. The normalized spacial score (nSPS) is 17.2. The number of carboxylic acids is 1. The van der Waals surface area contributed by atoms with Crippen LogP contribution in [0.1, 0.15) is 48.5 Å². The second kappa shape index (κ2) is 8.65. The molecule has 1 fully saturated rings. The van der Waals surface area contributed by atoms with E-state index < -0.39 is 5.97 Å². The average molecular weight is 347 g/mol. The van der Waals surface area contributed by atoms with Gasteiger partial charge in [0.15, 0.2) is 5.78 Å².